The molecule has 1 saturated heterocycles. The number of hydrogen-bond acceptors (Lipinski definition) is 5. The minimum atomic E-state index is -3.84. The van der Waals surface area contributed by atoms with Gasteiger partial charge in [-0.05, 0) is 92.1 Å². The number of piperidine rings is 1. The van der Waals surface area contributed by atoms with E-state index in [0.717, 1.165) is 66.1 Å². The van der Waals surface area contributed by atoms with Crippen LogP contribution in [-0.2, 0) is 19.7 Å². The number of rotatable bonds is 6. The van der Waals surface area contributed by atoms with Gasteiger partial charge in [-0.2, -0.15) is 0 Å². The van der Waals surface area contributed by atoms with Crippen molar-refractivity contribution in [1.82, 2.24) is 14.5 Å². The van der Waals surface area contributed by atoms with Crippen molar-refractivity contribution in [2.75, 3.05) is 13.1 Å². The minimum absolute atomic E-state index is 0.0132. The van der Waals surface area contributed by atoms with Crippen LogP contribution < -0.4 is 5.32 Å². The molecule has 9 rings (SSSR count). The summed E-state index contributed by atoms with van der Waals surface area (Å²) in [7, 11) is -7.68. The molecule has 0 bridgehead atoms. The monoisotopic (exact) mass is 723 g/mol. The zero-order valence-electron chi connectivity index (χ0n) is 28.8. The molecule has 9 heteroatoms. The molecular formula is C43H37N3O4S2. The first-order valence-corrected chi connectivity index (χ1v) is 20.6. The average Bonchev–Trinajstić information content (AvgIpc) is 3.70. The molecule has 1 aliphatic heterocycles. The van der Waals surface area contributed by atoms with Crippen LogP contribution in [0.15, 0.2) is 143 Å². The van der Waals surface area contributed by atoms with Gasteiger partial charge in [0.1, 0.15) is 0 Å². The molecule has 52 heavy (non-hydrogen) atoms. The van der Waals surface area contributed by atoms with Crippen LogP contribution in [0, 0.1) is 13.8 Å². The third-order valence-corrected chi connectivity index (χ3v) is 15.1. The van der Waals surface area contributed by atoms with Gasteiger partial charge in [0.25, 0.3) is 0 Å². The van der Waals surface area contributed by atoms with Crippen molar-refractivity contribution in [2.45, 2.75) is 40.6 Å². The first-order valence-electron chi connectivity index (χ1n) is 17.5. The number of aryl methyl sites for hydroxylation is 2. The Morgan fingerprint density at radius 3 is 1.29 bits per heavy atom. The second kappa shape index (κ2) is 12.2. The van der Waals surface area contributed by atoms with E-state index in [1.807, 2.05) is 48.5 Å². The fraction of sp³-hybridized carbons (Fsp3) is 0.163. The Hall–Kier alpha value is -5.22. The Kier molecular flexibility index (Phi) is 7.66. The van der Waals surface area contributed by atoms with Gasteiger partial charge in [0.15, 0.2) is 19.7 Å². The normalized spacial score (nSPS) is 17.0. The van der Waals surface area contributed by atoms with Gasteiger partial charge in [0.05, 0.1) is 42.4 Å². The van der Waals surface area contributed by atoms with Gasteiger partial charge >= 0.3 is 0 Å². The van der Waals surface area contributed by atoms with E-state index in [1.165, 1.54) is 0 Å². The number of benzene rings is 6. The quantitative estimate of drug-likeness (QED) is 0.186. The predicted molar refractivity (Wildman–Crippen MR) is 210 cm³/mol. The number of fused-ring (bicyclic) bond motifs is 6. The first kappa shape index (κ1) is 32.7. The molecule has 0 radical (unpaired) electrons. The van der Waals surface area contributed by atoms with Crippen molar-refractivity contribution in [3.05, 3.63) is 145 Å². The second-order valence-corrected chi connectivity index (χ2v) is 18.3. The summed E-state index contributed by atoms with van der Waals surface area (Å²) in [6.07, 6.45) is 0.0132. The van der Waals surface area contributed by atoms with Gasteiger partial charge in [-0.3, -0.25) is 0 Å². The van der Waals surface area contributed by atoms with Crippen molar-refractivity contribution in [1.29, 1.82) is 0 Å². The van der Waals surface area contributed by atoms with Crippen LogP contribution in [0.2, 0.25) is 0 Å². The number of nitrogens with one attached hydrogen (secondary N) is 1. The van der Waals surface area contributed by atoms with Crippen LogP contribution in [0.25, 0.3) is 55.0 Å². The molecule has 2 atom stereocenters. The number of aromatic nitrogens is 2. The Morgan fingerprint density at radius 2 is 0.865 bits per heavy atom. The van der Waals surface area contributed by atoms with E-state index in [4.69, 9.17) is 0 Å². The molecule has 6 aromatic carbocycles. The molecule has 3 heterocycles. The van der Waals surface area contributed by atoms with Crippen molar-refractivity contribution in [3.8, 4) is 11.4 Å². The van der Waals surface area contributed by atoms with Crippen LogP contribution >= 0.6 is 0 Å². The molecule has 2 unspecified atom stereocenters. The number of sulfone groups is 2. The average molecular weight is 724 g/mol. The van der Waals surface area contributed by atoms with Gasteiger partial charge in [-0.25, -0.2) is 16.8 Å². The topological polar surface area (TPSA) is 90.2 Å². The van der Waals surface area contributed by atoms with Gasteiger partial charge < -0.3 is 14.5 Å². The maximum Gasteiger partial charge on any atom is 0.182 e. The van der Waals surface area contributed by atoms with Gasteiger partial charge in [0.2, 0.25) is 0 Å². The van der Waals surface area contributed by atoms with E-state index >= 15 is 0 Å². The summed E-state index contributed by atoms with van der Waals surface area (Å²) in [6, 6.07) is 42.9. The summed E-state index contributed by atoms with van der Waals surface area (Å²) in [6.45, 7) is 4.54. The van der Waals surface area contributed by atoms with E-state index in [9.17, 15) is 16.8 Å². The summed E-state index contributed by atoms with van der Waals surface area (Å²) < 4.78 is 60.5. The Labute approximate surface area is 303 Å². The lowest BCUT2D eigenvalue weighted by Gasteiger charge is -2.29. The molecule has 1 fully saturated rings. The van der Waals surface area contributed by atoms with Crippen LogP contribution in [0.3, 0.4) is 0 Å². The van der Waals surface area contributed by atoms with E-state index in [-0.39, 0.29) is 29.3 Å². The van der Waals surface area contributed by atoms with Crippen molar-refractivity contribution in [2.24, 2.45) is 0 Å². The lowest BCUT2D eigenvalue weighted by Crippen LogP contribution is -2.48. The largest absolute Gasteiger partial charge is 0.314 e. The standard InChI is InChI=1S/C43H37N3O4S2/c1-28-9-7-13-38-36-11-3-5-15-40(36)45(42(28)38)30-17-21-32(22-18-30)51(47,48)34-25-35(27-44-26-34)52(49,50)33-23-19-31(20-24-33)46-41-16-6-4-12-37(41)39-14-8-10-29(2)43(39)46/h3-24,34-35,44H,25-27H2,1-2H3. The number of para-hydroxylation sites is 4. The van der Waals surface area contributed by atoms with E-state index in [1.54, 1.807) is 24.3 Å². The fourth-order valence-corrected chi connectivity index (χ4v) is 11.8. The van der Waals surface area contributed by atoms with E-state index < -0.39 is 30.2 Å². The molecular weight excluding hydrogens is 687 g/mol. The first-order chi connectivity index (χ1) is 25.1. The zero-order chi connectivity index (χ0) is 35.8. The highest BCUT2D eigenvalue weighted by Crippen LogP contribution is 2.36. The third kappa shape index (κ3) is 5.02. The lowest BCUT2D eigenvalue weighted by molar-refractivity contribution is 0.483. The minimum Gasteiger partial charge on any atom is -0.314 e. The van der Waals surface area contributed by atoms with Crippen LogP contribution in [0.4, 0.5) is 0 Å². The molecule has 8 aromatic rings. The smallest absolute Gasteiger partial charge is 0.182 e. The van der Waals surface area contributed by atoms with Gasteiger partial charge in [0, 0.05) is 46.0 Å². The van der Waals surface area contributed by atoms with Crippen LogP contribution in [0.1, 0.15) is 17.5 Å². The second-order valence-electron chi connectivity index (χ2n) is 13.9. The molecule has 2 aromatic heterocycles. The summed E-state index contributed by atoms with van der Waals surface area (Å²) in [4.78, 5) is 0.369. The van der Waals surface area contributed by atoms with Crippen molar-refractivity contribution >= 4 is 63.3 Å². The zero-order valence-corrected chi connectivity index (χ0v) is 30.5. The Balaban J connectivity index is 0.998. The highest BCUT2D eigenvalue weighted by Gasteiger charge is 2.39. The molecule has 260 valence electrons. The molecule has 0 amide bonds. The Morgan fingerprint density at radius 1 is 0.481 bits per heavy atom. The van der Waals surface area contributed by atoms with Gasteiger partial charge in [-0.1, -0.05) is 72.8 Å². The number of hydrogen-bond donors (Lipinski definition) is 1. The van der Waals surface area contributed by atoms with Crippen molar-refractivity contribution in [3.63, 3.8) is 0 Å². The third-order valence-electron chi connectivity index (χ3n) is 10.8. The van der Waals surface area contributed by atoms with Crippen LogP contribution in [0.5, 0.6) is 0 Å². The molecule has 1 N–H and O–H groups in total. The predicted octanol–water partition coefficient (Wildman–Crippen LogP) is 8.48. The Bertz CT molecular complexity index is 2710. The summed E-state index contributed by atoms with van der Waals surface area (Å²) in [5.74, 6) is 0. The molecule has 0 saturated carbocycles. The molecule has 7 nitrogen and oxygen atoms in total. The SMILES string of the molecule is Cc1cccc2c3ccccc3n(-c3ccc(S(=O)(=O)C4CNCC(S(=O)(=O)c5ccc(-n6c7ccccc7c7cccc(C)c76)cc5)C4)cc3)c12. The fourth-order valence-electron chi connectivity index (χ4n) is 8.21. The summed E-state index contributed by atoms with van der Waals surface area (Å²) >= 11 is 0. The summed E-state index contributed by atoms with van der Waals surface area (Å²) in [5, 5.41) is 5.91. The number of nitrogens with zero attached hydrogens (tertiary/aromatic N) is 2. The van der Waals surface area contributed by atoms with E-state index in [2.05, 4.69) is 89.0 Å². The molecule has 1 aliphatic rings. The molecule has 0 aliphatic carbocycles. The van der Waals surface area contributed by atoms with Crippen LogP contribution in [-0.4, -0.2) is 49.6 Å². The molecule has 0 spiro atoms. The summed E-state index contributed by atoms with van der Waals surface area (Å²) in [5.41, 5.74) is 8.24. The lowest BCUT2D eigenvalue weighted by atomic mass is 10.1. The highest BCUT2D eigenvalue weighted by atomic mass is 32.2. The maximum absolute atomic E-state index is 14.0. The van der Waals surface area contributed by atoms with Gasteiger partial charge in [-0.15, -0.1) is 0 Å². The highest BCUT2D eigenvalue weighted by molar-refractivity contribution is 7.93. The van der Waals surface area contributed by atoms with E-state index in [0.29, 0.717) is 0 Å². The maximum atomic E-state index is 14.0. The van der Waals surface area contributed by atoms with Crippen molar-refractivity contribution < 1.29 is 16.8 Å².